The van der Waals surface area contributed by atoms with Crippen LogP contribution in [0.4, 0.5) is 5.69 Å². The van der Waals surface area contributed by atoms with Crippen LogP contribution in [-0.4, -0.2) is 31.4 Å². The molecule has 0 unspecified atom stereocenters. The predicted octanol–water partition coefficient (Wildman–Crippen LogP) is 2.25. The number of anilines is 1. The van der Waals surface area contributed by atoms with Gasteiger partial charge in [-0.3, -0.25) is 14.4 Å². The molecule has 0 bridgehead atoms. The van der Waals surface area contributed by atoms with Crippen molar-refractivity contribution in [3.8, 4) is 5.69 Å². The van der Waals surface area contributed by atoms with Gasteiger partial charge < -0.3 is 11.1 Å². The van der Waals surface area contributed by atoms with E-state index in [4.69, 9.17) is 5.73 Å². The van der Waals surface area contributed by atoms with Crippen LogP contribution in [0.2, 0.25) is 0 Å². The third kappa shape index (κ3) is 3.87. The van der Waals surface area contributed by atoms with Crippen LogP contribution in [0.3, 0.4) is 0 Å². The number of nitrogens with two attached hydrogens (primary N) is 1. The van der Waals surface area contributed by atoms with Gasteiger partial charge in [0.1, 0.15) is 12.1 Å². The molecule has 32 heavy (non-hydrogen) atoms. The third-order valence-electron chi connectivity index (χ3n) is 5.35. The minimum atomic E-state index is -0.553. The Hall–Kier alpha value is -4.27. The maximum absolute atomic E-state index is 13.2. The summed E-state index contributed by atoms with van der Waals surface area (Å²) in [6.07, 6.45) is 1.61. The quantitative estimate of drug-likeness (QED) is 0.502. The fourth-order valence-electron chi connectivity index (χ4n) is 3.44. The highest BCUT2D eigenvalue weighted by Crippen LogP contribution is 2.19. The first-order valence-corrected chi connectivity index (χ1v) is 9.97. The molecule has 162 valence electrons. The van der Waals surface area contributed by atoms with Crippen LogP contribution in [0.25, 0.3) is 16.6 Å². The highest BCUT2D eigenvalue weighted by atomic mass is 16.2. The van der Waals surface area contributed by atoms with E-state index in [1.165, 1.54) is 12.1 Å². The van der Waals surface area contributed by atoms with Crippen molar-refractivity contribution < 1.29 is 9.59 Å². The first-order chi connectivity index (χ1) is 15.2. The Labute approximate surface area is 183 Å². The molecule has 2 aromatic carbocycles. The number of rotatable bonds is 5. The lowest BCUT2D eigenvalue weighted by Crippen LogP contribution is -2.31. The molecule has 0 radical (unpaired) electrons. The lowest BCUT2D eigenvalue weighted by Gasteiger charge is -2.10. The number of nitrogens with one attached hydrogen (secondary N) is 1. The van der Waals surface area contributed by atoms with Gasteiger partial charge in [0.25, 0.3) is 5.56 Å². The molecule has 0 aliphatic carbocycles. The number of aromatic nitrogens is 4. The van der Waals surface area contributed by atoms with E-state index in [0.717, 1.165) is 21.5 Å². The molecule has 0 fully saturated rings. The normalized spacial score (nSPS) is 11.0. The third-order valence-corrected chi connectivity index (χ3v) is 5.35. The average molecular weight is 430 g/mol. The summed E-state index contributed by atoms with van der Waals surface area (Å²) in [6, 6.07) is 12.0. The number of fused-ring (bicyclic) bond motifs is 1. The zero-order valence-electron chi connectivity index (χ0n) is 17.9. The first kappa shape index (κ1) is 21.0. The minimum absolute atomic E-state index is 0.273. The topological polar surface area (TPSA) is 125 Å². The van der Waals surface area contributed by atoms with Crippen molar-refractivity contribution in [1.82, 2.24) is 19.6 Å². The fourth-order valence-corrected chi connectivity index (χ4v) is 3.44. The van der Waals surface area contributed by atoms with E-state index < -0.39 is 17.4 Å². The van der Waals surface area contributed by atoms with Crippen molar-refractivity contribution in [3.05, 3.63) is 81.4 Å². The molecule has 4 aromatic rings. The summed E-state index contributed by atoms with van der Waals surface area (Å²) >= 11 is 0. The smallest absolute Gasteiger partial charge is 0.293 e. The van der Waals surface area contributed by atoms with Crippen LogP contribution in [0, 0.1) is 20.8 Å². The van der Waals surface area contributed by atoms with E-state index in [9.17, 15) is 14.4 Å². The highest BCUT2D eigenvalue weighted by molar-refractivity contribution is 5.94. The van der Waals surface area contributed by atoms with Gasteiger partial charge >= 0.3 is 0 Å². The van der Waals surface area contributed by atoms with Gasteiger partial charge in [0.05, 0.1) is 17.6 Å². The summed E-state index contributed by atoms with van der Waals surface area (Å²) < 4.78 is 2.71. The molecule has 3 N–H and O–H groups in total. The zero-order chi connectivity index (χ0) is 23.0. The van der Waals surface area contributed by atoms with Gasteiger partial charge in [-0.2, -0.15) is 10.2 Å². The van der Waals surface area contributed by atoms with Gasteiger partial charge in [-0.25, -0.2) is 9.36 Å². The number of amides is 2. The van der Waals surface area contributed by atoms with Crippen molar-refractivity contribution in [3.63, 3.8) is 0 Å². The zero-order valence-corrected chi connectivity index (χ0v) is 17.9. The van der Waals surface area contributed by atoms with Crippen LogP contribution in [-0.2, 0) is 11.3 Å². The second kappa shape index (κ2) is 8.10. The molecule has 2 heterocycles. The van der Waals surface area contributed by atoms with Crippen molar-refractivity contribution in [1.29, 1.82) is 0 Å². The molecule has 0 saturated heterocycles. The van der Waals surface area contributed by atoms with Gasteiger partial charge in [0, 0.05) is 16.6 Å². The summed E-state index contributed by atoms with van der Waals surface area (Å²) in [6.45, 7) is 5.51. The maximum atomic E-state index is 13.2. The number of benzene rings is 2. The van der Waals surface area contributed by atoms with E-state index in [0.29, 0.717) is 27.8 Å². The number of carbonyl (C=O) groups excluding carboxylic acids is 2. The molecule has 9 nitrogen and oxygen atoms in total. The number of hydrogen-bond acceptors (Lipinski definition) is 5. The molecule has 4 rings (SSSR count). The van der Waals surface area contributed by atoms with Crippen LogP contribution in [0.1, 0.15) is 27.2 Å². The molecule has 0 atom stereocenters. The maximum Gasteiger partial charge on any atom is 0.293 e. The number of primary amides is 1. The second-order valence-corrected chi connectivity index (χ2v) is 7.63. The monoisotopic (exact) mass is 430 g/mol. The molecule has 2 amide bonds. The van der Waals surface area contributed by atoms with Crippen LogP contribution in [0.15, 0.2) is 53.5 Å². The van der Waals surface area contributed by atoms with Crippen LogP contribution in [0.5, 0.6) is 0 Å². The molecule has 9 heteroatoms. The van der Waals surface area contributed by atoms with Crippen LogP contribution < -0.4 is 16.6 Å². The summed E-state index contributed by atoms with van der Waals surface area (Å²) in [5.41, 5.74) is 9.56. The Morgan fingerprint density at radius 3 is 2.41 bits per heavy atom. The Morgan fingerprint density at radius 2 is 1.75 bits per heavy atom. The van der Waals surface area contributed by atoms with E-state index in [2.05, 4.69) is 15.5 Å². The molecular formula is C23H22N6O3. The highest BCUT2D eigenvalue weighted by Gasteiger charge is 2.17. The minimum Gasteiger partial charge on any atom is -0.366 e. The Kier molecular flexibility index (Phi) is 5.31. The average Bonchev–Trinajstić information content (AvgIpc) is 3.20. The summed E-state index contributed by atoms with van der Waals surface area (Å²) in [5, 5.41) is 12.0. The van der Waals surface area contributed by atoms with Crippen LogP contribution >= 0.6 is 0 Å². The molecule has 0 saturated carbocycles. The molecular weight excluding hydrogens is 408 g/mol. The lowest BCUT2D eigenvalue weighted by atomic mass is 10.1. The largest absolute Gasteiger partial charge is 0.366 e. The number of nitrogens with zero attached hydrogens (tertiary/aromatic N) is 4. The molecule has 2 aromatic heterocycles. The Bertz CT molecular complexity index is 1420. The van der Waals surface area contributed by atoms with E-state index in [1.54, 1.807) is 29.9 Å². The van der Waals surface area contributed by atoms with Crippen molar-refractivity contribution in [2.24, 2.45) is 5.73 Å². The lowest BCUT2D eigenvalue weighted by molar-refractivity contribution is -0.117. The van der Waals surface area contributed by atoms with Gasteiger partial charge in [0.15, 0.2) is 0 Å². The number of hydrogen-bond donors (Lipinski definition) is 2. The van der Waals surface area contributed by atoms with Gasteiger partial charge in [-0.05, 0) is 68.3 Å². The Morgan fingerprint density at radius 1 is 1.03 bits per heavy atom. The van der Waals surface area contributed by atoms with Gasteiger partial charge in [-0.1, -0.05) is 6.07 Å². The second-order valence-electron chi connectivity index (χ2n) is 7.63. The van der Waals surface area contributed by atoms with Crippen molar-refractivity contribution >= 4 is 28.4 Å². The molecule has 0 aliphatic heterocycles. The fraction of sp³-hybridized carbons (Fsp3) is 0.174. The van der Waals surface area contributed by atoms with E-state index in [-0.39, 0.29) is 6.54 Å². The summed E-state index contributed by atoms with van der Waals surface area (Å²) in [4.78, 5) is 36.9. The summed E-state index contributed by atoms with van der Waals surface area (Å²) in [7, 11) is 0. The van der Waals surface area contributed by atoms with Crippen molar-refractivity contribution in [2.45, 2.75) is 27.3 Å². The standard InChI is InChI=1S/C23H22N6O3/c1-13-4-9-18(10-14(13)2)29-21-19(11-25-29)15(3)27-28(23(21)32)12-20(30)26-17-7-5-16(6-8-17)22(24)31/h4-11H,12H2,1-3H3,(H2,24,31)(H,26,30). The number of carbonyl (C=O) groups is 2. The predicted molar refractivity (Wildman–Crippen MR) is 121 cm³/mol. The van der Waals surface area contributed by atoms with E-state index in [1.807, 2.05) is 32.0 Å². The number of aryl methyl sites for hydroxylation is 3. The summed E-state index contributed by atoms with van der Waals surface area (Å²) in [5.74, 6) is -0.981. The van der Waals surface area contributed by atoms with Crippen molar-refractivity contribution in [2.75, 3.05) is 5.32 Å². The Balaban J connectivity index is 1.66. The van der Waals surface area contributed by atoms with E-state index >= 15 is 0 Å². The first-order valence-electron chi connectivity index (χ1n) is 9.97. The van der Waals surface area contributed by atoms with Gasteiger partial charge in [0.2, 0.25) is 11.8 Å². The molecule has 0 spiro atoms. The van der Waals surface area contributed by atoms with Gasteiger partial charge in [-0.15, -0.1) is 0 Å². The molecule has 0 aliphatic rings. The SMILES string of the molecule is Cc1ccc(-n2ncc3c(C)nn(CC(=O)Nc4ccc(C(N)=O)cc4)c(=O)c32)cc1C.